The third-order valence-corrected chi connectivity index (χ3v) is 4.44. The zero-order valence-electron chi connectivity index (χ0n) is 14.7. The summed E-state index contributed by atoms with van der Waals surface area (Å²) >= 11 is 3.40. The molecular weight excluding hydrogens is 394 g/mol. The number of rotatable bonds is 6. The maximum atomic E-state index is 12.7. The summed E-state index contributed by atoms with van der Waals surface area (Å²) in [6.45, 7) is 0.881. The molecule has 0 saturated carbocycles. The number of nitrogens with zero attached hydrogens (tertiary/aromatic N) is 3. The monoisotopic (exact) mass is 413 g/mol. The molecule has 0 fully saturated rings. The fourth-order valence-electron chi connectivity index (χ4n) is 2.57. The van der Waals surface area contributed by atoms with Gasteiger partial charge in [-0.05, 0) is 48.0 Å². The molecule has 3 aromatic rings. The van der Waals surface area contributed by atoms with Crippen LogP contribution in [0.15, 0.2) is 65.3 Å². The number of hydrogen-bond donors (Lipinski definition) is 0. The van der Waals surface area contributed by atoms with Crippen molar-refractivity contribution < 1.29 is 9.53 Å². The summed E-state index contributed by atoms with van der Waals surface area (Å²) in [6.07, 6.45) is 1.87. The van der Waals surface area contributed by atoms with E-state index in [0.29, 0.717) is 18.7 Å². The van der Waals surface area contributed by atoms with Gasteiger partial charge in [-0.1, -0.05) is 28.1 Å². The predicted molar refractivity (Wildman–Crippen MR) is 104 cm³/mol. The van der Waals surface area contributed by atoms with Crippen molar-refractivity contribution >= 4 is 21.8 Å². The van der Waals surface area contributed by atoms with E-state index in [-0.39, 0.29) is 5.91 Å². The minimum atomic E-state index is -0.0406. The van der Waals surface area contributed by atoms with Crippen molar-refractivity contribution in [2.24, 2.45) is 7.05 Å². The number of carbonyl (C=O) groups excluding carboxylic acids is 1. The third-order valence-electron chi connectivity index (χ3n) is 3.91. The molecule has 5 nitrogen and oxygen atoms in total. The van der Waals surface area contributed by atoms with Gasteiger partial charge in [0.1, 0.15) is 12.4 Å². The van der Waals surface area contributed by atoms with E-state index in [1.807, 2.05) is 67.8 Å². The standard InChI is InChI=1S/C20H20BrN3O2/c1-23(13-18-10-11-24(2)22-18)20(25)16-5-3-4-15(12-16)14-26-19-8-6-17(21)7-9-19/h3-12H,13-14H2,1-2H3. The van der Waals surface area contributed by atoms with Crippen LogP contribution in [0.3, 0.4) is 0 Å². The van der Waals surface area contributed by atoms with E-state index in [1.54, 1.807) is 16.6 Å². The molecule has 1 aromatic heterocycles. The van der Waals surface area contributed by atoms with E-state index in [9.17, 15) is 4.79 Å². The first-order valence-electron chi connectivity index (χ1n) is 8.22. The van der Waals surface area contributed by atoms with Crippen LogP contribution < -0.4 is 4.74 Å². The van der Waals surface area contributed by atoms with Crippen molar-refractivity contribution in [3.05, 3.63) is 82.1 Å². The third kappa shape index (κ3) is 4.73. The molecule has 0 atom stereocenters. The first kappa shape index (κ1) is 18.2. The SMILES string of the molecule is CN(Cc1ccn(C)n1)C(=O)c1cccc(COc2ccc(Br)cc2)c1. The molecule has 6 heteroatoms. The molecule has 0 radical (unpaired) electrons. The number of ether oxygens (including phenoxy) is 1. The van der Waals surface area contributed by atoms with Gasteiger partial charge in [0.25, 0.3) is 5.91 Å². The molecule has 0 aliphatic heterocycles. The van der Waals surface area contributed by atoms with E-state index in [0.717, 1.165) is 21.5 Å². The lowest BCUT2D eigenvalue weighted by Gasteiger charge is -2.16. The Hall–Kier alpha value is -2.60. The van der Waals surface area contributed by atoms with Crippen molar-refractivity contribution in [1.29, 1.82) is 0 Å². The molecular formula is C20H20BrN3O2. The summed E-state index contributed by atoms with van der Waals surface area (Å²) in [5.74, 6) is 0.748. The number of aromatic nitrogens is 2. The second-order valence-corrected chi connectivity index (χ2v) is 7.00. The van der Waals surface area contributed by atoms with Gasteiger partial charge in [0, 0.05) is 30.3 Å². The summed E-state index contributed by atoms with van der Waals surface area (Å²) in [5.41, 5.74) is 2.45. The van der Waals surface area contributed by atoms with Crippen LogP contribution >= 0.6 is 15.9 Å². The lowest BCUT2D eigenvalue weighted by Crippen LogP contribution is -2.26. The molecule has 0 aliphatic rings. The van der Waals surface area contributed by atoms with Crippen LogP contribution in [0.2, 0.25) is 0 Å². The molecule has 0 spiro atoms. The molecule has 0 bridgehead atoms. The van der Waals surface area contributed by atoms with Gasteiger partial charge in [0.05, 0.1) is 12.2 Å². The Bertz CT molecular complexity index is 890. The fraction of sp³-hybridized carbons (Fsp3) is 0.200. The van der Waals surface area contributed by atoms with Crippen LogP contribution in [0.5, 0.6) is 5.75 Å². The average molecular weight is 414 g/mol. The molecule has 3 rings (SSSR count). The largest absolute Gasteiger partial charge is 0.489 e. The van der Waals surface area contributed by atoms with Crippen LogP contribution in [0.1, 0.15) is 21.6 Å². The van der Waals surface area contributed by atoms with Gasteiger partial charge in [-0.15, -0.1) is 0 Å². The lowest BCUT2D eigenvalue weighted by molar-refractivity contribution is 0.0783. The first-order valence-corrected chi connectivity index (χ1v) is 9.02. The Labute approximate surface area is 161 Å². The number of carbonyl (C=O) groups is 1. The van der Waals surface area contributed by atoms with Crippen molar-refractivity contribution in [2.45, 2.75) is 13.2 Å². The summed E-state index contributed by atoms with van der Waals surface area (Å²) in [4.78, 5) is 14.3. The minimum Gasteiger partial charge on any atom is -0.489 e. The number of hydrogen-bond acceptors (Lipinski definition) is 3. The number of halogens is 1. The molecule has 0 N–H and O–H groups in total. The first-order chi connectivity index (χ1) is 12.5. The van der Waals surface area contributed by atoms with Crippen LogP contribution in [-0.2, 0) is 20.2 Å². The van der Waals surface area contributed by atoms with Gasteiger partial charge in [0.15, 0.2) is 0 Å². The van der Waals surface area contributed by atoms with Gasteiger partial charge in [-0.3, -0.25) is 9.48 Å². The molecule has 2 aromatic carbocycles. The number of aryl methyl sites for hydroxylation is 1. The average Bonchev–Trinajstić information content (AvgIpc) is 3.05. The highest BCUT2D eigenvalue weighted by Crippen LogP contribution is 2.18. The summed E-state index contributed by atoms with van der Waals surface area (Å²) in [5, 5.41) is 4.31. The Kier molecular flexibility index (Phi) is 5.73. The molecule has 0 saturated heterocycles. The highest BCUT2D eigenvalue weighted by molar-refractivity contribution is 9.10. The fourth-order valence-corrected chi connectivity index (χ4v) is 2.84. The highest BCUT2D eigenvalue weighted by atomic mass is 79.9. The molecule has 0 unspecified atom stereocenters. The summed E-state index contributed by atoms with van der Waals surface area (Å²) in [7, 11) is 3.64. The zero-order valence-corrected chi connectivity index (χ0v) is 16.3. The molecule has 134 valence electrons. The molecule has 1 heterocycles. The number of benzene rings is 2. The van der Waals surface area contributed by atoms with Crippen LogP contribution in [0, 0.1) is 0 Å². The van der Waals surface area contributed by atoms with E-state index >= 15 is 0 Å². The Balaban J connectivity index is 1.63. The topological polar surface area (TPSA) is 47.4 Å². The smallest absolute Gasteiger partial charge is 0.253 e. The van der Waals surface area contributed by atoms with Crippen LogP contribution in [0.25, 0.3) is 0 Å². The Morgan fingerprint density at radius 2 is 1.96 bits per heavy atom. The van der Waals surface area contributed by atoms with Crippen LogP contribution in [-0.4, -0.2) is 27.6 Å². The highest BCUT2D eigenvalue weighted by Gasteiger charge is 2.13. The number of amides is 1. The normalized spacial score (nSPS) is 10.6. The minimum absolute atomic E-state index is 0.0406. The van der Waals surface area contributed by atoms with Crippen molar-refractivity contribution in [1.82, 2.24) is 14.7 Å². The maximum Gasteiger partial charge on any atom is 0.253 e. The summed E-state index contributed by atoms with van der Waals surface area (Å²) in [6, 6.07) is 17.1. The van der Waals surface area contributed by atoms with Crippen LogP contribution in [0.4, 0.5) is 0 Å². The van der Waals surface area contributed by atoms with Gasteiger partial charge in [0.2, 0.25) is 0 Å². The second-order valence-electron chi connectivity index (χ2n) is 6.08. The van der Waals surface area contributed by atoms with Crippen molar-refractivity contribution in [3.63, 3.8) is 0 Å². The van der Waals surface area contributed by atoms with Gasteiger partial charge in [-0.25, -0.2) is 0 Å². The van der Waals surface area contributed by atoms with E-state index < -0.39 is 0 Å². The van der Waals surface area contributed by atoms with Crippen molar-refractivity contribution in [3.8, 4) is 5.75 Å². The van der Waals surface area contributed by atoms with E-state index in [2.05, 4.69) is 21.0 Å². The van der Waals surface area contributed by atoms with E-state index in [1.165, 1.54) is 0 Å². The molecule has 0 aliphatic carbocycles. The predicted octanol–water partition coefficient (Wildman–Crippen LogP) is 4.03. The summed E-state index contributed by atoms with van der Waals surface area (Å²) < 4.78 is 8.52. The Morgan fingerprint density at radius 3 is 2.65 bits per heavy atom. The molecule has 26 heavy (non-hydrogen) atoms. The maximum absolute atomic E-state index is 12.7. The lowest BCUT2D eigenvalue weighted by atomic mass is 10.1. The Morgan fingerprint density at radius 1 is 1.19 bits per heavy atom. The van der Waals surface area contributed by atoms with Gasteiger partial charge < -0.3 is 9.64 Å². The van der Waals surface area contributed by atoms with E-state index in [4.69, 9.17) is 4.74 Å². The van der Waals surface area contributed by atoms with Gasteiger partial charge in [-0.2, -0.15) is 5.10 Å². The molecule has 1 amide bonds. The zero-order chi connectivity index (χ0) is 18.5. The van der Waals surface area contributed by atoms with Crippen molar-refractivity contribution in [2.75, 3.05) is 7.05 Å². The van der Waals surface area contributed by atoms with Gasteiger partial charge >= 0.3 is 0 Å². The quantitative estimate of drug-likeness (QED) is 0.612. The second kappa shape index (κ2) is 8.19.